The SMILES string of the molecule is CCOC(=O)CCc1ccc(-c2nocc3c(C(=O)c4ccc(CC(=O)OCC)cc4)ccc2-3)cc1. The second kappa shape index (κ2) is 11.4. The molecule has 0 radical (unpaired) electrons. The van der Waals surface area contributed by atoms with E-state index in [0.29, 0.717) is 48.4 Å². The van der Waals surface area contributed by atoms with Crippen LogP contribution in [0.2, 0.25) is 0 Å². The molecule has 0 spiro atoms. The van der Waals surface area contributed by atoms with Crippen LogP contribution in [0.5, 0.6) is 0 Å². The number of esters is 2. The lowest BCUT2D eigenvalue weighted by Gasteiger charge is -2.09. The van der Waals surface area contributed by atoms with Crippen molar-refractivity contribution in [2.75, 3.05) is 13.2 Å². The van der Waals surface area contributed by atoms with Crippen molar-refractivity contribution in [2.45, 2.75) is 33.1 Å². The first-order valence-corrected chi connectivity index (χ1v) is 11.9. The molecule has 2 aromatic rings. The van der Waals surface area contributed by atoms with E-state index in [1.165, 1.54) is 6.26 Å². The fourth-order valence-corrected chi connectivity index (χ4v) is 4.03. The number of fused-ring (bicyclic) bond motifs is 1. The summed E-state index contributed by atoms with van der Waals surface area (Å²) in [5.41, 5.74) is 5.78. The summed E-state index contributed by atoms with van der Waals surface area (Å²) in [5, 5.41) is 4.20. The van der Waals surface area contributed by atoms with Crippen molar-refractivity contribution in [3.8, 4) is 22.4 Å². The highest BCUT2D eigenvalue weighted by atomic mass is 16.5. The number of rotatable bonds is 10. The van der Waals surface area contributed by atoms with Gasteiger partial charge in [-0.15, -0.1) is 0 Å². The summed E-state index contributed by atoms with van der Waals surface area (Å²) >= 11 is 0. The van der Waals surface area contributed by atoms with Crippen molar-refractivity contribution in [3.63, 3.8) is 0 Å². The molecular formula is C29H27NO6. The van der Waals surface area contributed by atoms with E-state index in [9.17, 15) is 14.4 Å². The van der Waals surface area contributed by atoms with Gasteiger partial charge in [-0.25, -0.2) is 0 Å². The van der Waals surface area contributed by atoms with Crippen LogP contribution in [0.1, 0.15) is 47.3 Å². The summed E-state index contributed by atoms with van der Waals surface area (Å²) in [6.45, 7) is 4.27. The summed E-state index contributed by atoms with van der Waals surface area (Å²) in [6, 6.07) is 18.3. The molecular weight excluding hydrogens is 458 g/mol. The number of carbonyl (C=O) groups is 3. The Labute approximate surface area is 209 Å². The molecule has 4 rings (SSSR count). The summed E-state index contributed by atoms with van der Waals surface area (Å²) in [4.78, 5) is 36.5. The van der Waals surface area contributed by atoms with E-state index in [1.54, 1.807) is 44.2 Å². The van der Waals surface area contributed by atoms with Crippen LogP contribution in [0.3, 0.4) is 0 Å². The number of nitrogens with zero attached hydrogens (tertiary/aromatic N) is 1. The Bertz CT molecular complexity index is 1320. The third-order valence-electron chi connectivity index (χ3n) is 5.83. The first kappa shape index (κ1) is 24.9. The smallest absolute Gasteiger partial charge is 0.310 e. The molecule has 1 aliphatic carbocycles. The molecule has 0 aromatic heterocycles. The third-order valence-corrected chi connectivity index (χ3v) is 5.83. The van der Waals surface area contributed by atoms with E-state index in [2.05, 4.69) is 5.16 Å². The molecule has 7 heteroatoms. The number of benzene rings is 2. The Kier molecular flexibility index (Phi) is 7.90. The summed E-state index contributed by atoms with van der Waals surface area (Å²) in [6.07, 6.45) is 2.56. The molecule has 0 fully saturated rings. The largest absolute Gasteiger partial charge is 0.466 e. The van der Waals surface area contributed by atoms with Crippen LogP contribution in [0.15, 0.2) is 71.4 Å². The zero-order valence-corrected chi connectivity index (χ0v) is 20.3. The number of hydrogen-bond donors (Lipinski definition) is 0. The molecule has 2 aromatic carbocycles. The van der Waals surface area contributed by atoms with Crippen LogP contribution < -0.4 is 0 Å². The molecule has 7 nitrogen and oxygen atoms in total. The highest BCUT2D eigenvalue weighted by molar-refractivity contribution is 6.14. The molecule has 0 saturated carbocycles. The quantitative estimate of drug-likeness (QED) is 0.223. The predicted molar refractivity (Wildman–Crippen MR) is 134 cm³/mol. The average molecular weight is 486 g/mol. The second-order valence-corrected chi connectivity index (χ2v) is 8.25. The van der Waals surface area contributed by atoms with Crippen LogP contribution in [-0.2, 0) is 31.9 Å². The summed E-state index contributed by atoms with van der Waals surface area (Å²) < 4.78 is 15.3. The van der Waals surface area contributed by atoms with E-state index in [4.69, 9.17) is 14.0 Å². The maximum Gasteiger partial charge on any atom is 0.310 e. The van der Waals surface area contributed by atoms with Gasteiger partial charge >= 0.3 is 11.9 Å². The van der Waals surface area contributed by atoms with Crippen LogP contribution >= 0.6 is 0 Å². The van der Waals surface area contributed by atoms with Crippen LogP contribution in [0.4, 0.5) is 0 Å². The molecule has 0 N–H and O–H groups in total. The van der Waals surface area contributed by atoms with E-state index in [0.717, 1.165) is 22.3 Å². The Balaban J connectivity index is 1.49. The highest BCUT2D eigenvalue weighted by Crippen LogP contribution is 2.36. The van der Waals surface area contributed by atoms with Gasteiger partial charge in [-0.05, 0) is 37.5 Å². The third kappa shape index (κ3) is 5.68. The van der Waals surface area contributed by atoms with E-state index in [-0.39, 0.29) is 24.1 Å². The van der Waals surface area contributed by atoms with Crippen molar-refractivity contribution in [3.05, 3.63) is 89.2 Å². The normalized spacial score (nSPS) is 10.8. The molecule has 0 bridgehead atoms. The van der Waals surface area contributed by atoms with Crippen molar-refractivity contribution in [2.24, 2.45) is 0 Å². The Morgan fingerprint density at radius 3 is 2.14 bits per heavy atom. The lowest BCUT2D eigenvalue weighted by molar-refractivity contribution is -0.143. The number of aryl methyl sites for hydroxylation is 1. The van der Waals surface area contributed by atoms with E-state index < -0.39 is 0 Å². The zero-order valence-electron chi connectivity index (χ0n) is 20.3. The minimum Gasteiger partial charge on any atom is -0.466 e. The Morgan fingerprint density at radius 1 is 0.778 bits per heavy atom. The molecule has 1 aliphatic heterocycles. The number of hydrogen-bond acceptors (Lipinski definition) is 7. The van der Waals surface area contributed by atoms with Gasteiger partial charge in [0.05, 0.1) is 19.6 Å². The van der Waals surface area contributed by atoms with Gasteiger partial charge in [-0.1, -0.05) is 59.8 Å². The molecule has 0 saturated heterocycles. The minimum atomic E-state index is -0.299. The van der Waals surface area contributed by atoms with Crippen LogP contribution in [0.25, 0.3) is 22.4 Å². The molecule has 36 heavy (non-hydrogen) atoms. The van der Waals surface area contributed by atoms with Crippen molar-refractivity contribution in [1.82, 2.24) is 5.16 Å². The molecule has 1 heterocycles. The number of carbonyl (C=O) groups excluding carboxylic acids is 3. The Morgan fingerprint density at radius 2 is 1.44 bits per heavy atom. The summed E-state index contributed by atoms with van der Waals surface area (Å²) in [7, 11) is 0. The maximum atomic E-state index is 13.2. The lowest BCUT2D eigenvalue weighted by Crippen LogP contribution is -2.08. The van der Waals surface area contributed by atoms with E-state index in [1.807, 2.05) is 30.3 Å². The van der Waals surface area contributed by atoms with Gasteiger partial charge in [0.15, 0.2) is 5.78 Å². The zero-order chi connectivity index (χ0) is 25.5. The molecule has 0 amide bonds. The van der Waals surface area contributed by atoms with Gasteiger partial charge < -0.3 is 14.0 Å². The maximum absolute atomic E-state index is 13.2. The van der Waals surface area contributed by atoms with Crippen LogP contribution in [0, 0.1) is 0 Å². The first-order chi connectivity index (χ1) is 17.5. The lowest BCUT2D eigenvalue weighted by atomic mass is 9.97. The second-order valence-electron chi connectivity index (χ2n) is 8.25. The van der Waals surface area contributed by atoms with Gasteiger partial charge in [-0.3, -0.25) is 14.4 Å². The number of ether oxygens (including phenoxy) is 2. The highest BCUT2D eigenvalue weighted by Gasteiger charge is 2.22. The first-order valence-electron chi connectivity index (χ1n) is 11.9. The topological polar surface area (TPSA) is 95.7 Å². The molecule has 0 unspecified atom stereocenters. The van der Waals surface area contributed by atoms with Crippen molar-refractivity contribution < 1.29 is 28.4 Å². The minimum absolute atomic E-state index is 0.144. The number of ketones is 1. The monoisotopic (exact) mass is 485 g/mol. The van der Waals surface area contributed by atoms with Gasteiger partial charge in [0.1, 0.15) is 12.0 Å². The standard InChI is InChI=1S/C29H27NO6/c1-3-34-26(31)16-9-19-5-10-21(11-6-19)28-23-14-15-24(25(23)18-36-30-28)29(33)22-12-7-20(8-13-22)17-27(32)35-4-2/h5-8,10-15,18H,3-4,9,16-17H2,1-2H3. The number of aromatic nitrogens is 1. The fourth-order valence-electron chi connectivity index (χ4n) is 4.03. The molecule has 0 atom stereocenters. The summed E-state index contributed by atoms with van der Waals surface area (Å²) in [5.74, 6) is -0.656. The Hall–Kier alpha value is -4.26. The van der Waals surface area contributed by atoms with Crippen LogP contribution in [-0.4, -0.2) is 36.1 Å². The average Bonchev–Trinajstić information content (AvgIpc) is 3.32. The molecule has 2 aliphatic rings. The van der Waals surface area contributed by atoms with E-state index >= 15 is 0 Å². The van der Waals surface area contributed by atoms with Crippen molar-refractivity contribution in [1.29, 1.82) is 0 Å². The van der Waals surface area contributed by atoms with Gasteiger partial charge in [0, 0.05) is 34.2 Å². The van der Waals surface area contributed by atoms with Gasteiger partial charge in [0.25, 0.3) is 0 Å². The predicted octanol–water partition coefficient (Wildman–Crippen LogP) is 5.28. The van der Waals surface area contributed by atoms with Gasteiger partial charge in [0.2, 0.25) is 0 Å². The van der Waals surface area contributed by atoms with Crippen molar-refractivity contribution >= 4 is 17.7 Å². The fraction of sp³-hybridized carbons (Fsp3) is 0.241. The molecule has 184 valence electrons. The van der Waals surface area contributed by atoms with Gasteiger partial charge in [-0.2, -0.15) is 0 Å².